The smallest absolute Gasteiger partial charge is 0.407 e. The van der Waals surface area contributed by atoms with Gasteiger partial charge in [0.25, 0.3) is 0 Å². The molecule has 0 aliphatic heterocycles. The van der Waals surface area contributed by atoms with Crippen molar-refractivity contribution in [3.05, 3.63) is 23.8 Å². The largest absolute Gasteiger partial charge is 0.446 e. The highest BCUT2D eigenvalue weighted by atomic mass is 35.5. The molecule has 0 radical (unpaired) electrons. The summed E-state index contributed by atoms with van der Waals surface area (Å²) in [5.74, 6) is 6.06. The van der Waals surface area contributed by atoms with Crippen molar-refractivity contribution in [3.8, 4) is 0 Å². The van der Waals surface area contributed by atoms with Gasteiger partial charge in [-0.3, -0.25) is 0 Å². The third kappa shape index (κ3) is 7.56. The number of hydrogen-bond acceptors (Lipinski definition) is 5. The van der Waals surface area contributed by atoms with E-state index in [-0.39, 0.29) is 24.6 Å². The van der Waals surface area contributed by atoms with Gasteiger partial charge in [0.05, 0.1) is 0 Å². The van der Waals surface area contributed by atoms with E-state index in [1.54, 1.807) is 27.2 Å². The Labute approximate surface area is 253 Å². The third-order valence-electron chi connectivity index (χ3n) is 11.1. The second kappa shape index (κ2) is 14.7. The molecule has 1 amide bonds. The first-order valence-electron chi connectivity index (χ1n) is 15.4. The zero-order valence-electron chi connectivity index (χ0n) is 25.0. The molecule has 4 aliphatic rings. The molecular formula is C32H55ClN2O2S2. The van der Waals surface area contributed by atoms with Crippen molar-refractivity contribution in [2.75, 3.05) is 24.6 Å². The number of nitrogens with one attached hydrogen (secondary N) is 1. The Morgan fingerprint density at radius 3 is 2.69 bits per heavy atom. The molecule has 0 aromatic carbocycles. The van der Waals surface area contributed by atoms with E-state index in [0.29, 0.717) is 23.9 Å². The number of halogens is 1. The Morgan fingerprint density at radius 1 is 1.18 bits per heavy atom. The normalized spacial score (nSPS) is 35.9. The molecule has 3 N–H and O–H groups in total. The number of rotatable bonds is 12. The molecule has 0 aromatic rings. The maximum Gasteiger partial charge on any atom is 0.407 e. The van der Waals surface area contributed by atoms with Crippen molar-refractivity contribution >= 4 is 40.1 Å². The zero-order chi connectivity index (χ0) is 27.3. The fraction of sp³-hybridized carbons (Fsp3) is 0.844. The SMILES string of the molecule is C=C(C)CCC[C@@H](C)[C@H]1CC[C@H]2[C@@H]3CC=C4C[C@@H](OC(=O)NCCSSCCN)CC[C@]4(C)[C@H]3CC[C@]12C.Cl. The summed E-state index contributed by atoms with van der Waals surface area (Å²) in [4.78, 5) is 12.4. The van der Waals surface area contributed by atoms with Crippen LogP contribution in [0.25, 0.3) is 0 Å². The lowest BCUT2D eigenvalue weighted by molar-refractivity contribution is -0.0580. The predicted octanol–water partition coefficient (Wildman–Crippen LogP) is 8.80. The Morgan fingerprint density at radius 2 is 1.95 bits per heavy atom. The van der Waals surface area contributed by atoms with Gasteiger partial charge in [-0.1, -0.05) is 66.0 Å². The van der Waals surface area contributed by atoms with Gasteiger partial charge >= 0.3 is 6.09 Å². The molecule has 0 unspecified atom stereocenters. The van der Waals surface area contributed by atoms with Crippen molar-refractivity contribution in [3.63, 3.8) is 0 Å². The first-order chi connectivity index (χ1) is 18.2. The summed E-state index contributed by atoms with van der Waals surface area (Å²) in [5.41, 5.74) is 9.26. The van der Waals surface area contributed by atoms with Crippen LogP contribution in [-0.2, 0) is 4.74 Å². The van der Waals surface area contributed by atoms with E-state index in [0.717, 1.165) is 60.4 Å². The van der Waals surface area contributed by atoms with Crippen molar-refractivity contribution in [1.29, 1.82) is 0 Å². The monoisotopic (exact) mass is 598 g/mol. The van der Waals surface area contributed by atoms with Crippen LogP contribution in [0.5, 0.6) is 0 Å². The number of nitrogens with two attached hydrogens (primary N) is 1. The fourth-order valence-electron chi connectivity index (χ4n) is 9.18. The summed E-state index contributed by atoms with van der Waals surface area (Å²) in [6.07, 6.45) is 16.2. The number of carbonyl (C=O) groups is 1. The summed E-state index contributed by atoms with van der Waals surface area (Å²) < 4.78 is 5.89. The standard InChI is InChI=1S/C32H54N2O2S2.ClH/c1-22(2)7-6-8-23(3)27-11-12-28-26-10-9-24-21-25(36-30(35)34-18-20-38-37-19-17-33)13-15-31(24,4)29(26)14-16-32(27,28)5;/h9,23,25-29H,1,6-8,10-21,33H2,2-5H3,(H,34,35);1H/t23-,25+,26+,27-,28+,29+,31+,32-;/m1./s1. The summed E-state index contributed by atoms with van der Waals surface area (Å²) >= 11 is 0. The molecule has 4 nitrogen and oxygen atoms in total. The number of fused-ring (bicyclic) bond motifs is 5. The second-order valence-electron chi connectivity index (χ2n) is 13.4. The fourth-order valence-corrected chi connectivity index (χ4v) is 10.9. The highest BCUT2D eigenvalue weighted by molar-refractivity contribution is 8.76. The topological polar surface area (TPSA) is 64.3 Å². The molecule has 8 atom stereocenters. The van der Waals surface area contributed by atoms with E-state index in [4.69, 9.17) is 10.5 Å². The average molecular weight is 599 g/mol. The lowest BCUT2D eigenvalue weighted by Crippen LogP contribution is -2.51. The van der Waals surface area contributed by atoms with Crippen molar-refractivity contribution in [1.82, 2.24) is 5.32 Å². The van der Waals surface area contributed by atoms with Crippen LogP contribution in [0.1, 0.15) is 98.3 Å². The minimum Gasteiger partial charge on any atom is -0.446 e. The van der Waals surface area contributed by atoms with Gasteiger partial charge in [0.15, 0.2) is 0 Å². The first kappa shape index (κ1) is 33.2. The summed E-state index contributed by atoms with van der Waals surface area (Å²) in [7, 11) is 3.52. The Kier molecular flexibility index (Phi) is 12.5. The number of allylic oxidation sites excluding steroid dienone is 2. The maximum absolute atomic E-state index is 12.4. The Bertz CT molecular complexity index is 869. The van der Waals surface area contributed by atoms with Crippen LogP contribution in [0.3, 0.4) is 0 Å². The van der Waals surface area contributed by atoms with E-state index < -0.39 is 0 Å². The van der Waals surface area contributed by atoms with Crippen LogP contribution in [0.15, 0.2) is 23.8 Å². The summed E-state index contributed by atoms with van der Waals surface area (Å²) in [5, 5.41) is 2.94. The molecule has 4 aliphatic carbocycles. The highest BCUT2D eigenvalue weighted by Crippen LogP contribution is 2.67. The maximum atomic E-state index is 12.4. The minimum atomic E-state index is -0.250. The van der Waals surface area contributed by atoms with Gasteiger partial charge < -0.3 is 15.8 Å². The van der Waals surface area contributed by atoms with E-state index in [1.807, 2.05) is 0 Å². The van der Waals surface area contributed by atoms with Crippen LogP contribution >= 0.6 is 34.0 Å². The number of ether oxygens (including phenoxy) is 1. The summed E-state index contributed by atoms with van der Waals surface area (Å²) in [6.45, 7) is 15.4. The number of carbonyl (C=O) groups excluding carboxylic acids is 1. The van der Waals surface area contributed by atoms with Gasteiger partial charge in [-0.25, -0.2) is 4.79 Å². The lowest BCUT2D eigenvalue weighted by atomic mass is 9.47. The minimum absolute atomic E-state index is 0. The van der Waals surface area contributed by atoms with Crippen molar-refractivity contribution in [2.24, 2.45) is 46.2 Å². The Balaban J connectivity index is 0.00000420. The van der Waals surface area contributed by atoms with E-state index >= 15 is 0 Å². The van der Waals surface area contributed by atoms with Gasteiger partial charge in [0.1, 0.15) is 6.10 Å². The number of alkyl carbamates (subject to hydrolysis) is 1. The Hall–Kier alpha value is -0.300. The number of amides is 1. The van der Waals surface area contributed by atoms with Crippen LogP contribution in [0, 0.1) is 40.4 Å². The lowest BCUT2D eigenvalue weighted by Gasteiger charge is -2.58. The van der Waals surface area contributed by atoms with Gasteiger partial charge in [0, 0.05) is 31.0 Å². The van der Waals surface area contributed by atoms with E-state index in [1.165, 1.54) is 56.9 Å². The first-order valence-corrected chi connectivity index (χ1v) is 17.9. The average Bonchev–Trinajstić information content (AvgIpc) is 3.23. The molecule has 0 aromatic heterocycles. The van der Waals surface area contributed by atoms with Crippen LogP contribution in [-0.4, -0.2) is 36.8 Å². The summed E-state index contributed by atoms with van der Waals surface area (Å²) in [6, 6.07) is 0. The van der Waals surface area contributed by atoms with Gasteiger partial charge in [-0.15, -0.1) is 19.0 Å². The van der Waals surface area contributed by atoms with E-state index in [9.17, 15) is 4.79 Å². The van der Waals surface area contributed by atoms with Gasteiger partial charge in [-0.05, 0) is 105 Å². The molecule has 0 bridgehead atoms. The van der Waals surface area contributed by atoms with E-state index in [2.05, 4.69) is 45.7 Å². The molecule has 0 spiro atoms. The molecule has 0 saturated heterocycles. The predicted molar refractivity (Wildman–Crippen MR) is 173 cm³/mol. The van der Waals surface area contributed by atoms with Crippen molar-refractivity contribution in [2.45, 2.75) is 104 Å². The van der Waals surface area contributed by atoms with Crippen LogP contribution < -0.4 is 11.1 Å². The molecular weight excluding hydrogens is 544 g/mol. The van der Waals surface area contributed by atoms with Gasteiger partial charge in [-0.2, -0.15) is 0 Å². The molecule has 3 fully saturated rings. The molecule has 4 rings (SSSR count). The van der Waals surface area contributed by atoms with Crippen LogP contribution in [0.4, 0.5) is 4.79 Å². The zero-order valence-corrected chi connectivity index (χ0v) is 27.4. The second-order valence-corrected chi connectivity index (χ2v) is 16.1. The molecule has 7 heteroatoms. The molecule has 3 saturated carbocycles. The van der Waals surface area contributed by atoms with Gasteiger partial charge in [0.2, 0.25) is 0 Å². The molecule has 39 heavy (non-hydrogen) atoms. The molecule has 0 heterocycles. The third-order valence-corrected chi connectivity index (χ3v) is 13.5. The highest BCUT2D eigenvalue weighted by Gasteiger charge is 2.59. The van der Waals surface area contributed by atoms with Crippen LogP contribution in [0.2, 0.25) is 0 Å². The van der Waals surface area contributed by atoms with Crippen molar-refractivity contribution < 1.29 is 9.53 Å². The number of hydrogen-bond donors (Lipinski definition) is 2. The quantitative estimate of drug-likeness (QED) is 0.133. The molecule has 224 valence electrons.